The topological polar surface area (TPSA) is 3.24 Å². The van der Waals surface area contributed by atoms with E-state index in [1.807, 2.05) is 0 Å². The van der Waals surface area contributed by atoms with Gasteiger partial charge in [0, 0.05) is 25.3 Å². The number of halogens is 4. The summed E-state index contributed by atoms with van der Waals surface area (Å²) in [4.78, 5) is 1.74. The zero-order chi connectivity index (χ0) is 14.9. The molecule has 0 aliphatic carbocycles. The Balaban J connectivity index is 2.76. The van der Waals surface area contributed by atoms with Gasteiger partial charge in [-0.1, -0.05) is 35.9 Å². The van der Waals surface area contributed by atoms with Gasteiger partial charge in [-0.3, -0.25) is 0 Å². The highest BCUT2D eigenvalue weighted by molar-refractivity contribution is 6.34. The number of alkyl halides is 3. The molecule has 0 aliphatic heterocycles. The normalized spacial score (nSPS) is 11.5. The molecule has 0 saturated carbocycles. The fraction of sp³-hybridized carbons (Fsp3) is 0.200. The standard InChI is InChI=1S/C15H13ClF3N/c1-20(2)13-9-5-8-12(16)14(13)10-6-3-4-7-11(10)15(17,18)19/h3-9H,1-2H3. The Labute approximate surface area is 120 Å². The van der Waals surface area contributed by atoms with Gasteiger partial charge in [0.15, 0.2) is 0 Å². The summed E-state index contributed by atoms with van der Waals surface area (Å²) in [5, 5.41) is 0.299. The van der Waals surface area contributed by atoms with E-state index in [2.05, 4.69) is 0 Å². The molecule has 2 aromatic rings. The zero-order valence-electron chi connectivity index (χ0n) is 11.0. The van der Waals surface area contributed by atoms with Crippen LogP contribution in [0, 0.1) is 0 Å². The zero-order valence-corrected chi connectivity index (χ0v) is 11.8. The fourth-order valence-corrected chi connectivity index (χ4v) is 2.37. The summed E-state index contributed by atoms with van der Waals surface area (Å²) < 4.78 is 39.4. The summed E-state index contributed by atoms with van der Waals surface area (Å²) in [6.07, 6.45) is -4.42. The fourth-order valence-electron chi connectivity index (χ4n) is 2.10. The highest BCUT2D eigenvalue weighted by atomic mass is 35.5. The summed E-state index contributed by atoms with van der Waals surface area (Å²) in [6, 6.07) is 10.5. The van der Waals surface area contributed by atoms with Crippen molar-refractivity contribution in [3.63, 3.8) is 0 Å². The van der Waals surface area contributed by atoms with Gasteiger partial charge in [-0.2, -0.15) is 13.2 Å². The van der Waals surface area contributed by atoms with Crippen molar-refractivity contribution >= 4 is 17.3 Å². The SMILES string of the molecule is CN(C)c1cccc(Cl)c1-c1ccccc1C(F)(F)F. The molecule has 20 heavy (non-hydrogen) atoms. The number of benzene rings is 2. The van der Waals surface area contributed by atoms with Crippen LogP contribution < -0.4 is 4.90 Å². The van der Waals surface area contributed by atoms with E-state index < -0.39 is 11.7 Å². The van der Waals surface area contributed by atoms with Gasteiger partial charge < -0.3 is 4.90 Å². The quantitative estimate of drug-likeness (QED) is 0.746. The van der Waals surface area contributed by atoms with Gasteiger partial charge in [0.1, 0.15) is 0 Å². The second-order valence-electron chi connectivity index (χ2n) is 4.57. The molecule has 0 aromatic heterocycles. The minimum atomic E-state index is -4.42. The molecule has 5 heteroatoms. The second kappa shape index (κ2) is 5.37. The van der Waals surface area contributed by atoms with E-state index in [1.54, 1.807) is 43.3 Å². The molecule has 0 unspecified atom stereocenters. The first kappa shape index (κ1) is 14.7. The predicted molar refractivity (Wildman–Crippen MR) is 76.2 cm³/mol. The van der Waals surface area contributed by atoms with E-state index in [0.29, 0.717) is 16.3 Å². The van der Waals surface area contributed by atoms with Gasteiger partial charge in [0.2, 0.25) is 0 Å². The Bertz CT molecular complexity index is 621. The van der Waals surface area contributed by atoms with Crippen LogP contribution >= 0.6 is 11.6 Å². The summed E-state index contributed by atoms with van der Waals surface area (Å²) in [5.41, 5.74) is 0.451. The minimum Gasteiger partial charge on any atom is -0.377 e. The Hall–Kier alpha value is -1.68. The van der Waals surface area contributed by atoms with Crippen LogP contribution in [-0.2, 0) is 6.18 Å². The monoisotopic (exact) mass is 299 g/mol. The summed E-state index contributed by atoms with van der Waals surface area (Å²) in [5.74, 6) is 0. The molecular weight excluding hydrogens is 287 g/mol. The van der Waals surface area contributed by atoms with Crippen molar-refractivity contribution in [2.24, 2.45) is 0 Å². The first-order valence-electron chi connectivity index (χ1n) is 5.95. The van der Waals surface area contributed by atoms with Crippen molar-refractivity contribution < 1.29 is 13.2 Å². The number of hydrogen-bond acceptors (Lipinski definition) is 1. The van der Waals surface area contributed by atoms with Gasteiger partial charge >= 0.3 is 6.18 Å². The van der Waals surface area contributed by atoms with Crippen LogP contribution in [0.5, 0.6) is 0 Å². The van der Waals surface area contributed by atoms with Crippen LogP contribution in [-0.4, -0.2) is 14.1 Å². The van der Waals surface area contributed by atoms with Crippen molar-refractivity contribution in [2.75, 3.05) is 19.0 Å². The van der Waals surface area contributed by atoms with Crippen molar-refractivity contribution in [1.82, 2.24) is 0 Å². The van der Waals surface area contributed by atoms with Crippen molar-refractivity contribution in [3.05, 3.63) is 53.1 Å². The van der Waals surface area contributed by atoms with E-state index in [9.17, 15) is 13.2 Å². The second-order valence-corrected chi connectivity index (χ2v) is 4.98. The maximum atomic E-state index is 13.1. The molecule has 0 atom stereocenters. The van der Waals surface area contributed by atoms with E-state index in [-0.39, 0.29) is 5.56 Å². The van der Waals surface area contributed by atoms with Crippen molar-refractivity contribution in [2.45, 2.75) is 6.18 Å². The van der Waals surface area contributed by atoms with Gasteiger partial charge in [0.25, 0.3) is 0 Å². The molecule has 0 radical (unpaired) electrons. The lowest BCUT2D eigenvalue weighted by Crippen LogP contribution is -2.12. The largest absolute Gasteiger partial charge is 0.417 e. The highest BCUT2D eigenvalue weighted by Gasteiger charge is 2.34. The maximum Gasteiger partial charge on any atom is 0.417 e. The number of hydrogen-bond donors (Lipinski definition) is 0. The van der Waals surface area contributed by atoms with Gasteiger partial charge in [0.05, 0.1) is 10.6 Å². The van der Waals surface area contributed by atoms with Gasteiger partial charge in [-0.25, -0.2) is 0 Å². The molecule has 2 rings (SSSR count). The molecule has 0 amide bonds. The van der Waals surface area contributed by atoms with Gasteiger partial charge in [-0.05, 0) is 23.8 Å². The maximum absolute atomic E-state index is 13.1. The van der Waals surface area contributed by atoms with E-state index in [1.165, 1.54) is 12.1 Å². The predicted octanol–water partition coefficient (Wildman–Crippen LogP) is 5.09. The molecular formula is C15H13ClF3N. The molecule has 0 fully saturated rings. The van der Waals surface area contributed by atoms with Crippen LogP contribution in [0.3, 0.4) is 0 Å². The Morgan fingerprint density at radius 2 is 1.60 bits per heavy atom. The number of anilines is 1. The van der Waals surface area contributed by atoms with Crippen LogP contribution in [0.1, 0.15) is 5.56 Å². The molecule has 1 nitrogen and oxygen atoms in total. The molecule has 0 aliphatic rings. The first-order chi connectivity index (χ1) is 9.32. The molecule has 106 valence electrons. The molecule has 0 bridgehead atoms. The van der Waals surface area contributed by atoms with Gasteiger partial charge in [-0.15, -0.1) is 0 Å². The van der Waals surface area contributed by atoms with E-state index in [4.69, 9.17) is 11.6 Å². The van der Waals surface area contributed by atoms with Crippen molar-refractivity contribution in [1.29, 1.82) is 0 Å². The lowest BCUT2D eigenvalue weighted by atomic mass is 9.97. The average Bonchev–Trinajstić information content (AvgIpc) is 2.37. The molecule has 2 aromatic carbocycles. The lowest BCUT2D eigenvalue weighted by molar-refractivity contribution is -0.137. The van der Waals surface area contributed by atoms with Crippen LogP contribution in [0.15, 0.2) is 42.5 Å². The third kappa shape index (κ3) is 2.75. The molecule has 0 N–H and O–H groups in total. The Kier molecular flexibility index (Phi) is 3.95. The Morgan fingerprint density at radius 1 is 0.950 bits per heavy atom. The van der Waals surface area contributed by atoms with Crippen LogP contribution in [0.25, 0.3) is 11.1 Å². The number of rotatable bonds is 2. The van der Waals surface area contributed by atoms with Crippen LogP contribution in [0.2, 0.25) is 5.02 Å². The third-order valence-corrected chi connectivity index (χ3v) is 3.29. The summed E-state index contributed by atoms with van der Waals surface area (Å²) in [7, 11) is 3.54. The van der Waals surface area contributed by atoms with E-state index >= 15 is 0 Å². The number of nitrogens with zero attached hydrogens (tertiary/aromatic N) is 1. The molecule has 0 spiro atoms. The minimum absolute atomic E-state index is 0.0919. The van der Waals surface area contributed by atoms with Crippen LogP contribution in [0.4, 0.5) is 18.9 Å². The smallest absolute Gasteiger partial charge is 0.377 e. The molecule has 0 heterocycles. The first-order valence-corrected chi connectivity index (χ1v) is 6.32. The lowest BCUT2D eigenvalue weighted by Gasteiger charge is -2.21. The molecule has 0 saturated heterocycles. The summed E-state index contributed by atoms with van der Waals surface area (Å²) >= 11 is 6.14. The van der Waals surface area contributed by atoms with E-state index in [0.717, 1.165) is 6.07 Å². The average molecular weight is 300 g/mol. The Morgan fingerprint density at radius 3 is 2.20 bits per heavy atom. The van der Waals surface area contributed by atoms with Crippen molar-refractivity contribution in [3.8, 4) is 11.1 Å². The highest BCUT2D eigenvalue weighted by Crippen LogP contribution is 2.43. The third-order valence-electron chi connectivity index (χ3n) is 2.98. The summed E-state index contributed by atoms with van der Waals surface area (Å²) in [6.45, 7) is 0.